The summed E-state index contributed by atoms with van der Waals surface area (Å²) >= 11 is 0. The minimum absolute atomic E-state index is 0.0389. The smallest absolute Gasteiger partial charge is 0.241 e. The molecule has 0 amide bonds. The van der Waals surface area contributed by atoms with Gasteiger partial charge in [-0.3, -0.25) is 5.32 Å². The fraction of sp³-hybridized carbons (Fsp3) is 0.400. The van der Waals surface area contributed by atoms with Crippen molar-refractivity contribution in [1.29, 1.82) is 0 Å². The molecule has 3 N–H and O–H groups in total. The van der Waals surface area contributed by atoms with Crippen molar-refractivity contribution >= 4 is 10.0 Å². The van der Waals surface area contributed by atoms with Crippen LogP contribution >= 0.6 is 0 Å². The van der Waals surface area contributed by atoms with Crippen LogP contribution in [0.1, 0.15) is 38.8 Å². The topological polar surface area (TPSA) is 99.9 Å². The zero-order valence-electron chi connectivity index (χ0n) is 16.6. The molecule has 0 fully saturated rings. The molecule has 0 aliphatic carbocycles. The van der Waals surface area contributed by atoms with E-state index in [-0.39, 0.29) is 22.9 Å². The third-order valence-electron chi connectivity index (χ3n) is 4.19. The van der Waals surface area contributed by atoms with E-state index in [1.165, 1.54) is 13.2 Å². The molecule has 2 aromatic rings. The Morgan fingerprint density at radius 3 is 2.32 bits per heavy atom. The van der Waals surface area contributed by atoms with Gasteiger partial charge < -0.3 is 14.2 Å². The Balaban J connectivity index is 2.20. The second kappa shape index (κ2) is 9.77. The molecule has 28 heavy (non-hydrogen) atoms. The highest BCUT2D eigenvalue weighted by atomic mass is 32.2. The SMILES string of the molecule is CCOc1ccccc1OC(C)NC(CC)c1ccc(OC)c(S(N)(=O)=O)c1. The Morgan fingerprint density at radius 2 is 1.75 bits per heavy atom. The van der Waals surface area contributed by atoms with Gasteiger partial charge in [-0.25, -0.2) is 13.6 Å². The van der Waals surface area contributed by atoms with Gasteiger partial charge in [0.2, 0.25) is 10.0 Å². The Morgan fingerprint density at radius 1 is 1.07 bits per heavy atom. The van der Waals surface area contributed by atoms with Crippen molar-refractivity contribution in [1.82, 2.24) is 5.32 Å². The molecule has 8 heteroatoms. The van der Waals surface area contributed by atoms with Crippen LogP contribution in [0.3, 0.4) is 0 Å². The van der Waals surface area contributed by atoms with Crippen molar-refractivity contribution < 1.29 is 22.6 Å². The fourth-order valence-electron chi connectivity index (χ4n) is 2.91. The lowest BCUT2D eigenvalue weighted by Gasteiger charge is -2.25. The zero-order chi connectivity index (χ0) is 20.7. The van der Waals surface area contributed by atoms with E-state index in [9.17, 15) is 8.42 Å². The van der Waals surface area contributed by atoms with Gasteiger partial charge in [-0.05, 0) is 50.1 Å². The molecule has 2 unspecified atom stereocenters. The number of nitrogens with one attached hydrogen (secondary N) is 1. The van der Waals surface area contributed by atoms with E-state index in [1.807, 2.05) is 51.1 Å². The van der Waals surface area contributed by atoms with Crippen molar-refractivity contribution in [3.8, 4) is 17.2 Å². The number of methoxy groups -OCH3 is 1. The van der Waals surface area contributed by atoms with Crippen LogP contribution in [0.25, 0.3) is 0 Å². The minimum Gasteiger partial charge on any atom is -0.495 e. The first-order valence-corrected chi connectivity index (χ1v) is 10.7. The van der Waals surface area contributed by atoms with E-state index in [0.717, 1.165) is 12.0 Å². The summed E-state index contributed by atoms with van der Waals surface area (Å²) < 4.78 is 40.4. The molecular formula is C20H28N2O5S. The highest BCUT2D eigenvalue weighted by Crippen LogP contribution is 2.30. The summed E-state index contributed by atoms with van der Waals surface area (Å²) in [5.74, 6) is 1.53. The van der Waals surface area contributed by atoms with E-state index < -0.39 is 10.0 Å². The maximum atomic E-state index is 11.9. The average molecular weight is 409 g/mol. The number of hydrogen-bond acceptors (Lipinski definition) is 6. The molecule has 7 nitrogen and oxygen atoms in total. The van der Waals surface area contributed by atoms with Crippen LogP contribution in [-0.4, -0.2) is 28.4 Å². The Labute approximate surface area is 166 Å². The quantitative estimate of drug-likeness (QED) is 0.586. The highest BCUT2D eigenvalue weighted by molar-refractivity contribution is 7.89. The van der Waals surface area contributed by atoms with Crippen molar-refractivity contribution in [2.45, 2.75) is 44.4 Å². The standard InChI is InChI=1S/C20H28N2O5S/c1-5-16(15-11-12-19(25-4)20(13-15)28(21,23)24)22-14(3)27-18-10-8-7-9-17(18)26-6-2/h7-14,16,22H,5-6H2,1-4H3,(H2,21,23,24). The van der Waals surface area contributed by atoms with Crippen molar-refractivity contribution in [3.63, 3.8) is 0 Å². The molecule has 0 aromatic heterocycles. The third-order valence-corrected chi connectivity index (χ3v) is 5.13. The van der Waals surface area contributed by atoms with Gasteiger partial charge in [-0.15, -0.1) is 0 Å². The average Bonchev–Trinajstić information content (AvgIpc) is 2.66. The van der Waals surface area contributed by atoms with Gasteiger partial charge in [0.1, 0.15) is 16.9 Å². The second-order valence-electron chi connectivity index (χ2n) is 6.22. The summed E-state index contributed by atoms with van der Waals surface area (Å²) in [4.78, 5) is -0.0389. The van der Waals surface area contributed by atoms with Crippen LogP contribution < -0.4 is 24.7 Å². The lowest BCUT2D eigenvalue weighted by molar-refractivity contribution is 0.156. The minimum atomic E-state index is -3.90. The molecule has 0 aliphatic heterocycles. The van der Waals surface area contributed by atoms with Crippen molar-refractivity contribution in [2.24, 2.45) is 5.14 Å². The van der Waals surface area contributed by atoms with Gasteiger partial charge in [0.15, 0.2) is 11.5 Å². The third kappa shape index (κ3) is 5.60. The first-order valence-electron chi connectivity index (χ1n) is 9.15. The summed E-state index contributed by atoms with van der Waals surface area (Å²) in [6, 6.07) is 12.3. The monoisotopic (exact) mass is 408 g/mol. The van der Waals surface area contributed by atoms with Crippen molar-refractivity contribution in [3.05, 3.63) is 48.0 Å². The summed E-state index contributed by atoms with van der Waals surface area (Å²) in [5.41, 5.74) is 0.779. The van der Waals surface area contributed by atoms with Crippen molar-refractivity contribution in [2.75, 3.05) is 13.7 Å². The van der Waals surface area contributed by atoms with Crippen LogP contribution in [0.2, 0.25) is 0 Å². The van der Waals surface area contributed by atoms with E-state index in [2.05, 4.69) is 5.32 Å². The number of para-hydroxylation sites is 2. The second-order valence-corrected chi connectivity index (χ2v) is 7.75. The molecule has 154 valence electrons. The lowest BCUT2D eigenvalue weighted by atomic mass is 10.0. The van der Waals surface area contributed by atoms with E-state index in [4.69, 9.17) is 19.3 Å². The Kier molecular flexibility index (Phi) is 7.68. The van der Waals surface area contributed by atoms with Gasteiger partial charge in [-0.1, -0.05) is 25.1 Å². The first-order chi connectivity index (χ1) is 13.3. The maximum Gasteiger partial charge on any atom is 0.241 e. The summed E-state index contributed by atoms with van der Waals surface area (Å²) in [6.07, 6.45) is 0.378. The van der Waals surface area contributed by atoms with Gasteiger partial charge in [-0.2, -0.15) is 0 Å². The Hall–Kier alpha value is -2.29. The van der Waals surface area contributed by atoms with E-state index in [0.29, 0.717) is 18.1 Å². The van der Waals surface area contributed by atoms with Crippen LogP contribution in [0, 0.1) is 0 Å². The van der Waals surface area contributed by atoms with Crippen LogP contribution in [0.4, 0.5) is 0 Å². The summed E-state index contributed by atoms with van der Waals surface area (Å²) in [6.45, 7) is 6.34. The van der Waals surface area contributed by atoms with E-state index >= 15 is 0 Å². The van der Waals surface area contributed by atoms with Gasteiger partial charge >= 0.3 is 0 Å². The molecule has 0 radical (unpaired) electrons. The normalized spacial score (nSPS) is 13.6. The molecule has 0 heterocycles. The lowest BCUT2D eigenvalue weighted by Crippen LogP contribution is -2.35. The highest BCUT2D eigenvalue weighted by Gasteiger charge is 2.20. The summed E-state index contributed by atoms with van der Waals surface area (Å²) in [7, 11) is -2.49. The molecular weight excluding hydrogens is 380 g/mol. The van der Waals surface area contributed by atoms with Gasteiger partial charge in [0.05, 0.1) is 13.7 Å². The first kappa shape index (κ1) is 22.0. The Bertz CT molecular complexity index is 886. The van der Waals surface area contributed by atoms with Crippen LogP contribution in [-0.2, 0) is 10.0 Å². The molecule has 2 rings (SSSR count). The molecule has 0 saturated carbocycles. The predicted octanol–water partition coefficient (Wildman–Crippen LogP) is 3.21. The molecule has 0 bridgehead atoms. The number of ether oxygens (including phenoxy) is 3. The van der Waals surface area contributed by atoms with E-state index in [1.54, 1.807) is 6.07 Å². The van der Waals surface area contributed by atoms with Crippen LogP contribution in [0.15, 0.2) is 47.4 Å². The number of rotatable bonds is 10. The predicted molar refractivity (Wildman–Crippen MR) is 108 cm³/mol. The number of primary sulfonamides is 1. The molecule has 2 atom stereocenters. The number of benzene rings is 2. The fourth-order valence-corrected chi connectivity index (χ4v) is 3.64. The molecule has 0 saturated heterocycles. The van der Waals surface area contributed by atoms with Crippen LogP contribution in [0.5, 0.6) is 17.2 Å². The van der Waals surface area contributed by atoms with Gasteiger partial charge in [0.25, 0.3) is 0 Å². The summed E-state index contributed by atoms with van der Waals surface area (Å²) in [5, 5.41) is 8.69. The molecule has 2 aromatic carbocycles. The number of hydrogen-bond donors (Lipinski definition) is 2. The molecule has 0 spiro atoms. The number of nitrogens with two attached hydrogens (primary N) is 1. The van der Waals surface area contributed by atoms with Gasteiger partial charge in [0, 0.05) is 6.04 Å². The number of sulfonamides is 1. The maximum absolute atomic E-state index is 11.9. The molecule has 0 aliphatic rings. The largest absolute Gasteiger partial charge is 0.495 e. The zero-order valence-corrected chi connectivity index (χ0v) is 17.5.